The minimum atomic E-state index is -1.00. The Morgan fingerprint density at radius 2 is 1.76 bits per heavy atom. The van der Waals surface area contributed by atoms with E-state index >= 15 is 0 Å². The van der Waals surface area contributed by atoms with Gasteiger partial charge in [0.05, 0.1) is 23.7 Å². The van der Waals surface area contributed by atoms with Gasteiger partial charge in [-0.15, -0.1) is 0 Å². The zero-order valence-corrected chi connectivity index (χ0v) is 15.5. The van der Waals surface area contributed by atoms with Crippen LogP contribution in [0.2, 0.25) is 0 Å². The van der Waals surface area contributed by atoms with Crippen LogP contribution in [0.15, 0.2) is 0 Å². The minimum absolute atomic E-state index is 0.0301. The number of carbonyl (C=O) groups excluding carboxylic acids is 1. The van der Waals surface area contributed by atoms with Crippen molar-refractivity contribution in [2.24, 2.45) is 39.9 Å². The van der Waals surface area contributed by atoms with Gasteiger partial charge in [0.25, 0.3) is 0 Å². The van der Waals surface area contributed by atoms with Gasteiger partial charge < -0.3 is 20.4 Å². The van der Waals surface area contributed by atoms with Gasteiger partial charge in [0, 0.05) is 18.9 Å². The fraction of sp³-hybridized carbons (Fsp3) is 0.950. The van der Waals surface area contributed by atoms with Gasteiger partial charge in [0.15, 0.2) is 0 Å². The average Bonchev–Trinajstić information content (AvgIpc) is 2.69. The van der Waals surface area contributed by atoms with E-state index in [0.29, 0.717) is 12.8 Å². The summed E-state index contributed by atoms with van der Waals surface area (Å²) < 4.78 is 0. The molecule has 0 aromatic heterocycles. The first kappa shape index (κ1) is 17.9. The lowest BCUT2D eigenvalue weighted by Crippen LogP contribution is -2.69. The van der Waals surface area contributed by atoms with Crippen molar-refractivity contribution in [1.82, 2.24) is 0 Å². The number of aliphatic hydroxyl groups is 4. The second kappa shape index (κ2) is 5.28. The highest BCUT2D eigenvalue weighted by atomic mass is 16.3. The lowest BCUT2D eigenvalue weighted by atomic mass is 9.39. The third-order valence-electron chi connectivity index (χ3n) is 9.10. The van der Waals surface area contributed by atoms with Gasteiger partial charge in [-0.2, -0.15) is 0 Å². The van der Waals surface area contributed by atoms with Crippen molar-refractivity contribution in [1.29, 1.82) is 0 Å². The van der Waals surface area contributed by atoms with E-state index in [1.807, 2.05) is 6.92 Å². The second-order valence-electron chi connectivity index (χ2n) is 9.97. The Hall–Kier alpha value is -0.490. The van der Waals surface area contributed by atoms with Crippen molar-refractivity contribution in [3.05, 3.63) is 0 Å². The van der Waals surface area contributed by atoms with Crippen molar-refractivity contribution in [3.63, 3.8) is 0 Å². The summed E-state index contributed by atoms with van der Waals surface area (Å²) in [5.41, 5.74) is -1.55. The molecule has 0 aromatic rings. The summed E-state index contributed by atoms with van der Waals surface area (Å²) in [6.07, 6.45) is 0.918. The molecule has 4 rings (SSSR count). The fourth-order valence-corrected chi connectivity index (χ4v) is 7.86. The van der Waals surface area contributed by atoms with Gasteiger partial charge in [-0.05, 0) is 47.8 Å². The van der Waals surface area contributed by atoms with Crippen LogP contribution < -0.4 is 0 Å². The van der Waals surface area contributed by atoms with E-state index in [1.165, 1.54) is 0 Å². The number of fused-ring (bicyclic) bond motifs is 3. The highest BCUT2D eigenvalue weighted by Crippen LogP contribution is 2.71. The van der Waals surface area contributed by atoms with Crippen molar-refractivity contribution >= 4 is 5.78 Å². The smallest absolute Gasteiger partial charge is 0.139 e. The summed E-state index contributed by atoms with van der Waals surface area (Å²) in [5, 5.41) is 43.4. The van der Waals surface area contributed by atoms with Crippen LogP contribution in [0.4, 0.5) is 0 Å². The van der Waals surface area contributed by atoms with Crippen molar-refractivity contribution in [2.75, 3.05) is 6.61 Å². The monoisotopic (exact) mass is 352 g/mol. The molecule has 5 nitrogen and oxygen atoms in total. The Morgan fingerprint density at radius 1 is 1.08 bits per heavy atom. The largest absolute Gasteiger partial charge is 0.396 e. The molecule has 4 N–H and O–H groups in total. The van der Waals surface area contributed by atoms with E-state index in [4.69, 9.17) is 0 Å². The lowest BCUT2D eigenvalue weighted by Gasteiger charge is -2.66. The highest BCUT2D eigenvalue weighted by molar-refractivity contribution is 5.84. The maximum absolute atomic E-state index is 12.8. The third kappa shape index (κ3) is 1.86. The van der Waals surface area contributed by atoms with Gasteiger partial charge in [0.2, 0.25) is 0 Å². The van der Waals surface area contributed by atoms with Crippen LogP contribution in [0.3, 0.4) is 0 Å². The van der Waals surface area contributed by atoms with Crippen molar-refractivity contribution < 1.29 is 25.2 Å². The molecule has 4 aliphatic carbocycles. The first-order valence-electron chi connectivity index (χ1n) is 9.82. The first-order valence-corrected chi connectivity index (χ1v) is 9.82. The van der Waals surface area contributed by atoms with Crippen molar-refractivity contribution in [2.45, 2.75) is 71.2 Å². The number of hydrogen-bond donors (Lipinski definition) is 4. The molecule has 25 heavy (non-hydrogen) atoms. The van der Waals surface area contributed by atoms with Gasteiger partial charge in [-0.25, -0.2) is 0 Å². The molecule has 4 aliphatic rings. The molecule has 142 valence electrons. The predicted octanol–water partition coefficient (Wildman–Crippen LogP) is 1.12. The maximum Gasteiger partial charge on any atom is 0.139 e. The van der Waals surface area contributed by atoms with E-state index in [2.05, 4.69) is 13.8 Å². The Bertz CT molecular complexity index is 593. The van der Waals surface area contributed by atoms with Crippen molar-refractivity contribution in [3.8, 4) is 0 Å². The summed E-state index contributed by atoms with van der Waals surface area (Å²) in [4.78, 5) is 12.8. The molecular formula is C20H32O5. The second-order valence-corrected chi connectivity index (χ2v) is 9.97. The zero-order chi connectivity index (χ0) is 18.4. The first-order chi connectivity index (χ1) is 11.6. The van der Waals surface area contributed by atoms with Crippen LogP contribution in [0, 0.1) is 39.9 Å². The molecular weight excluding hydrogens is 320 g/mol. The van der Waals surface area contributed by atoms with Crippen LogP contribution in [0.5, 0.6) is 0 Å². The third-order valence-corrected chi connectivity index (χ3v) is 9.10. The fourth-order valence-electron chi connectivity index (χ4n) is 7.86. The number of carbonyl (C=O) groups is 1. The van der Waals surface area contributed by atoms with Crippen LogP contribution in [-0.4, -0.2) is 51.1 Å². The van der Waals surface area contributed by atoms with Gasteiger partial charge in [-0.1, -0.05) is 27.2 Å². The van der Waals surface area contributed by atoms with Crippen LogP contribution >= 0.6 is 0 Å². The molecule has 0 aliphatic heterocycles. The molecule has 0 heterocycles. The summed E-state index contributed by atoms with van der Waals surface area (Å²) >= 11 is 0. The Balaban J connectivity index is 1.87. The molecule has 0 radical (unpaired) electrons. The van der Waals surface area contributed by atoms with Crippen LogP contribution in [0.25, 0.3) is 0 Å². The average molecular weight is 352 g/mol. The highest BCUT2D eigenvalue weighted by Gasteiger charge is 2.75. The SMILES string of the molecule is C[C@@H]1[C@@H]2C(=O)C[C@H]3[C@]4(C)CCC[C@](C)(CO)[C@H]4C[C@@H](O)[C@@]3([C@@H]1O)[C@@H]2O. The molecule has 4 fully saturated rings. The summed E-state index contributed by atoms with van der Waals surface area (Å²) in [6, 6.07) is 0. The molecule has 0 aromatic carbocycles. The molecule has 0 saturated heterocycles. The molecule has 5 heteroatoms. The topological polar surface area (TPSA) is 98.0 Å². The van der Waals surface area contributed by atoms with Gasteiger partial charge >= 0.3 is 0 Å². The van der Waals surface area contributed by atoms with E-state index in [9.17, 15) is 25.2 Å². The van der Waals surface area contributed by atoms with E-state index in [1.54, 1.807) is 0 Å². The van der Waals surface area contributed by atoms with E-state index in [-0.39, 0.29) is 41.0 Å². The molecule has 4 saturated carbocycles. The normalized spacial score (nSPS) is 60.9. The van der Waals surface area contributed by atoms with E-state index < -0.39 is 29.6 Å². The summed E-state index contributed by atoms with van der Waals surface area (Å²) in [7, 11) is 0. The molecule has 0 unspecified atom stereocenters. The summed E-state index contributed by atoms with van der Waals surface area (Å²) in [6.45, 7) is 6.14. The Kier molecular flexibility index (Phi) is 3.78. The zero-order valence-electron chi connectivity index (χ0n) is 15.5. The number of aliphatic hydroxyl groups excluding tert-OH is 4. The number of rotatable bonds is 1. The number of hydrogen-bond acceptors (Lipinski definition) is 5. The maximum atomic E-state index is 12.8. The number of Topliss-reactive ketones (excluding diaryl/α,β-unsaturated/α-hetero) is 1. The van der Waals surface area contributed by atoms with Crippen LogP contribution in [-0.2, 0) is 4.79 Å². The Labute approximate surface area is 149 Å². The van der Waals surface area contributed by atoms with E-state index in [0.717, 1.165) is 19.3 Å². The quantitative estimate of drug-likeness (QED) is 0.567. The predicted molar refractivity (Wildman–Crippen MR) is 91.5 cm³/mol. The minimum Gasteiger partial charge on any atom is -0.396 e. The van der Waals surface area contributed by atoms with Gasteiger partial charge in [-0.3, -0.25) is 4.79 Å². The van der Waals surface area contributed by atoms with Crippen LogP contribution in [0.1, 0.15) is 52.9 Å². The standard InChI is InChI=1S/C20H32O5/c1-10-15-11(22)7-13-19(3)6-4-5-18(2,9-21)12(19)8-14(23)20(13,16(10)24)17(15)25/h10,12-17,21,23-25H,4-9H2,1-3H3/t10-,12-,13+,14-,15-,16-,17-,18-,19-,20+/m1/s1. The number of ketones is 1. The lowest BCUT2D eigenvalue weighted by molar-refractivity contribution is -0.254. The Morgan fingerprint density at radius 3 is 2.40 bits per heavy atom. The van der Waals surface area contributed by atoms with Gasteiger partial charge in [0.1, 0.15) is 5.78 Å². The molecule has 2 bridgehead atoms. The molecule has 10 atom stereocenters. The molecule has 1 spiro atoms. The summed E-state index contributed by atoms with van der Waals surface area (Å²) in [5.74, 6) is -1.01. The molecule has 0 amide bonds.